The van der Waals surface area contributed by atoms with Gasteiger partial charge >= 0.3 is 12.1 Å². The number of fused-ring (bicyclic) bond motifs is 1. The smallest absolute Gasteiger partial charge is 0.416 e. The van der Waals surface area contributed by atoms with Gasteiger partial charge in [-0.1, -0.05) is 60.7 Å². The van der Waals surface area contributed by atoms with E-state index in [-0.39, 0.29) is 40.7 Å². The number of rotatable bonds is 9. The molecule has 0 bridgehead atoms. The number of aliphatic hydroxyl groups is 1. The molecule has 2 aliphatic rings. The van der Waals surface area contributed by atoms with Crippen LogP contribution in [0.4, 0.5) is 13.2 Å². The van der Waals surface area contributed by atoms with Gasteiger partial charge < -0.3 is 20.3 Å². The van der Waals surface area contributed by atoms with E-state index in [0.29, 0.717) is 23.4 Å². The number of alkyl halides is 3. The Labute approximate surface area is 266 Å². The normalized spacial score (nSPS) is 15.3. The Bertz CT molecular complexity index is 1990. The highest BCUT2D eigenvalue weighted by Gasteiger charge is 2.37. The van der Waals surface area contributed by atoms with Crippen LogP contribution in [-0.2, 0) is 20.5 Å². The summed E-state index contributed by atoms with van der Waals surface area (Å²) in [6.07, 6.45) is -4.46. The molecule has 1 unspecified atom stereocenters. The van der Waals surface area contributed by atoms with Crippen molar-refractivity contribution in [2.75, 3.05) is 6.54 Å². The lowest BCUT2D eigenvalue weighted by Crippen LogP contribution is -2.27. The number of ketones is 1. The number of halogens is 3. The van der Waals surface area contributed by atoms with Gasteiger partial charge in [0.25, 0.3) is 0 Å². The van der Waals surface area contributed by atoms with Crippen molar-refractivity contribution >= 4 is 17.5 Å². The Morgan fingerprint density at radius 1 is 0.979 bits per heavy atom. The highest BCUT2D eigenvalue weighted by atomic mass is 19.4. The molecule has 2 heterocycles. The molecule has 1 aliphatic carbocycles. The minimum atomic E-state index is -4.57. The number of hydrogen-bond acceptors (Lipinski definition) is 8. The molecular formula is C35H27F3N4O5. The SMILES string of the molecule is CC(OC1=C2N=C(c3ccccc3)C(CCN)=C2C(=O)C(O)=C1)C(=O)Oc1cc(-c2cccc(C(F)(F)F)c2)n(-c2ccccc2)n1. The van der Waals surface area contributed by atoms with Crippen LogP contribution < -0.4 is 10.5 Å². The molecule has 6 rings (SSSR count). The number of aromatic nitrogens is 2. The van der Waals surface area contributed by atoms with Crippen LogP contribution in [0.25, 0.3) is 16.9 Å². The molecule has 0 amide bonds. The topological polar surface area (TPSA) is 129 Å². The number of ether oxygens (including phenoxy) is 2. The van der Waals surface area contributed by atoms with E-state index in [2.05, 4.69) is 10.1 Å². The second kappa shape index (κ2) is 12.6. The number of nitrogens with two attached hydrogens (primary N) is 1. The van der Waals surface area contributed by atoms with Gasteiger partial charge in [0.05, 0.1) is 28.2 Å². The summed E-state index contributed by atoms with van der Waals surface area (Å²) in [4.78, 5) is 31.0. The van der Waals surface area contributed by atoms with Gasteiger partial charge in [-0.2, -0.15) is 13.2 Å². The third kappa shape index (κ3) is 6.23. The van der Waals surface area contributed by atoms with Gasteiger partial charge in [0.15, 0.2) is 17.6 Å². The van der Waals surface area contributed by atoms with Gasteiger partial charge in [-0.25, -0.2) is 14.5 Å². The summed E-state index contributed by atoms with van der Waals surface area (Å²) >= 11 is 0. The first-order valence-electron chi connectivity index (χ1n) is 14.5. The molecule has 238 valence electrons. The summed E-state index contributed by atoms with van der Waals surface area (Å²) in [6.45, 7) is 1.62. The van der Waals surface area contributed by atoms with Crippen LogP contribution in [0.3, 0.4) is 0 Å². The molecule has 0 saturated carbocycles. The quantitative estimate of drug-likeness (QED) is 0.207. The number of Topliss-reactive ketones (excluding diaryl/α,β-unsaturated/α-hetero) is 1. The fourth-order valence-corrected chi connectivity index (χ4v) is 5.28. The molecule has 12 heteroatoms. The summed E-state index contributed by atoms with van der Waals surface area (Å²) < 4.78 is 53.3. The second-order valence-corrected chi connectivity index (χ2v) is 10.7. The summed E-state index contributed by atoms with van der Waals surface area (Å²) in [7, 11) is 0. The van der Waals surface area contributed by atoms with E-state index >= 15 is 0 Å². The van der Waals surface area contributed by atoms with Crippen LogP contribution in [0, 0.1) is 0 Å². The fourth-order valence-electron chi connectivity index (χ4n) is 5.28. The third-order valence-electron chi connectivity index (χ3n) is 7.46. The standard InChI is InChI=1S/C35H27F3N4O5/c1-20(46-28-19-27(43)33(44)30-25(15-16-39)31(40-32(28)30)21-9-4-2-5-10-21)34(45)47-29-18-26(42(41-29)24-13-6-3-7-14-24)22-11-8-12-23(17-22)35(36,37)38/h2-14,17-20,43H,15-16,39H2,1H3. The number of benzene rings is 3. The van der Waals surface area contributed by atoms with E-state index in [9.17, 15) is 27.9 Å². The predicted molar refractivity (Wildman–Crippen MR) is 167 cm³/mol. The van der Waals surface area contributed by atoms with Crippen LogP contribution in [0.2, 0.25) is 0 Å². The highest BCUT2D eigenvalue weighted by molar-refractivity contribution is 6.25. The lowest BCUT2D eigenvalue weighted by molar-refractivity contribution is -0.144. The maximum absolute atomic E-state index is 13.5. The number of carbonyl (C=O) groups is 2. The summed E-state index contributed by atoms with van der Waals surface area (Å²) in [6, 6.07) is 23.9. The molecule has 4 aromatic rings. The van der Waals surface area contributed by atoms with E-state index in [4.69, 9.17) is 15.2 Å². The predicted octanol–water partition coefficient (Wildman–Crippen LogP) is 6.25. The molecule has 1 atom stereocenters. The minimum absolute atomic E-state index is 0.0264. The number of aliphatic imine (C=N–C) groups is 1. The number of carbonyl (C=O) groups excluding carboxylic acids is 2. The number of hydrogen-bond donors (Lipinski definition) is 2. The summed E-state index contributed by atoms with van der Waals surface area (Å²) in [5.74, 6) is -2.34. The van der Waals surface area contributed by atoms with Crippen molar-refractivity contribution < 1.29 is 37.3 Å². The zero-order chi connectivity index (χ0) is 33.3. The lowest BCUT2D eigenvalue weighted by atomic mass is 9.91. The molecule has 0 spiro atoms. The highest BCUT2D eigenvalue weighted by Crippen LogP contribution is 2.38. The third-order valence-corrected chi connectivity index (χ3v) is 7.46. The summed E-state index contributed by atoms with van der Waals surface area (Å²) in [5.41, 5.74) is 8.03. The van der Waals surface area contributed by atoms with Crippen LogP contribution in [0.5, 0.6) is 5.88 Å². The Hall–Kier alpha value is -5.75. The molecule has 1 aromatic heterocycles. The Kier molecular flexibility index (Phi) is 8.35. The Morgan fingerprint density at radius 3 is 2.34 bits per heavy atom. The number of nitrogens with zero attached hydrogens (tertiary/aromatic N) is 3. The molecule has 1 aliphatic heterocycles. The first kappa shape index (κ1) is 31.2. The first-order valence-corrected chi connectivity index (χ1v) is 14.5. The van der Waals surface area contributed by atoms with Crippen molar-refractivity contribution in [3.63, 3.8) is 0 Å². The van der Waals surface area contributed by atoms with Gasteiger partial charge in [0.2, 0.25) is 11.7 Å². The minimum Gasteiger partial charge on any atom is -0.504 e. The van der Waals surface area contributed by atoms with E-state index in [1.807, 2.05) is 30.3 Å². The second-order valence-electron chi connectivity index (χ2n) is 10.7. The number of allylic oxidation sites excluding steroid dienone is 3. The zero-order valence-corrected chi connectivity index (χ0v) is 24.9. The van der Waals surface area contributed by atoms with E-state index in [0.717, 1.165) is 23.8 Å². The molecule has 3 aromatic carbocycles. The fraction of sp³-hybridized carbons (Fsp3) is 0.143. The molecule has 0 saturated heterocycles. The largest absolute Gasteiger partial charge is 0.504 e. The van der Waals surface area contributed by atoms with Crippen LogP contribution >= 0.6 is 0 Å². The maximum Gasteiger partial charge on any atom is 0.416 e. The van der Waals surface area contributed by atoms with E-state index in [1.165, 1.54) is 29.8 Å². The average molecular weight is 641 g/mol. The van der Waals surface area contributed by atoms with Crippen LogP contribution in [0.1, 0.15) is 24.5 Å². The van der Waals surface area contributed by atoms with Gasteiger partial charge in [-0.15, -0.1) is 5.10 Å². The van der Waals surface area contributed by atoms with E-state index < -0.39 is 35.4 Å². The molecular weight excluding hydrogens is 613 g/mol. The van der Waals surface area contributed by atoms with Gasteiger partial charge in [0, 0.05) is 23.3 Å². The van der Waals surface area contributed by atoms with E-state index in [1.54, 1.807) is 30.3 Å². The first-order chi connectivity index (χ1) is 22.5. The van der Waals surface area contributed by atoms with Crippen LogP contribution in [-0.4, -0.2) is 45.0 Å². The van der Waals surface area contributed by atoms with Gasteiger partial charge in [-0.05, 0) is 49.7 Å². The van der Waals surface area contributed by atoms with Gasteiger partial charge in [-0.3, -0.25) is 4.79 Å². The number of para-hydroxylation sites is 1. The van der Waals surface area contributed by atoms with Crippen molar-refractivity contribution in [2.24, 2.45) is 10.7 Å². The van der Waals surface area contributed by atoms with Crippen molar-refractivity contribution in [3.05, 3.63) is 137 Å². The van der Waals surface area contributed by atoms with Crippen molar-refractivity contribution in [1.82, 2.24) is 9.78 Å². The van der Waals surface area contributed by atoms with Gasteiger partial charge in [0.1, 0.15) is 5.70 Å². The monoisotopic (exact) mass is 640 g/mol. The Balaban J connectivity index is 1.31. The average Bonchev–Trinajstić information content (AvgIpc) is 3.66. The summed E-state index contributed by atoms with van der Waals surface area (Å²) in [5, 5.41) is 14.9. The van der Waals surface area contributed by atoms with Crippen molar-refractivity contribution in [1.29, 1.82) is 0 Å². The van der Waals surface area contributed by atoms with Crippen molar-refractivity contribution in [2.45, 2.75) is 25.6 Å². The molecule has 3 N–H and O–H groups in total. The maximum atomic E-state index is 13.5. The Morgan fingerprint density at radius 2 is 1.66 bits per heavy atom. The van der Waals surface area contributed by atoms with Crippen LogP contribution in [0.15, 0.2) is 130 Å². The molecule has 0 fully saturated rings. The molecule has 9 nitrogen and oxygen atoms in total. The molecule has 0 radical (unpaired) electrons. The lowest BCUT2D eigenvalue weighted by Gasteiger charge is -2.19. The zero-order valence-electron chi connectivity index (χ0n) is 24.9. The number of esters is 1. The van der Waals surface area contributed by atoms with Crippen molar-refractivity contribution in [3.8, 4) is 22.8 Å². The molecule has 47 heavy (non-hydrogen) atoms. The number of aliphatic hydroxyl groups excluding tert-OH is 1.